The molecule has 0 atom stereocenters. The maximum Gasteiger partial charge on any atom is 0.317 e. The molecule has 2 heterocycles. The van der Waals surface area contributed by atoms with Gasteiger partial charge in [-0.25, -0.2) is 4.98 Å². The molecule has 0 aliphatic carbocycles. The van der Waals surface area contributed by atoms with Crippen molar-refractivity contribution in [1.29, 1.82) is 0 Å². The van der Waals surface area contributed by atoms with Crippen molar-refractivity contribution in [1.82, 2.24) is 19.9 Å². The van der Waals surface area contributed by atoms with Crippen LogP contribution in [0.1, 0.15) is 23.2 Å². The number of pyridine rings is 1. The average molecular weight is 493 g/mol. The first-order valence-corrected chi connectivity index (χ1v) is 13.2. The van der Waals surface area contributed by atoms with Crippen molar-refractivity contribution in [3.05, 3.63) is 83.7 Å². The van der Waals surface area contributed by atoms with Gasteiger partial charge in [0.05, 0.1) is 23.3 Å². The number of carbonyl (C=O) groups is 1. The summed E-state index contributed by atoms with van der Waals surface area (Å²) in [5, 5.41) is 10.2. The molecule has 0 aliphatic heterocycles. The summed E-state index contributed by atoms with van der Waals surface area (Å²) in [6.45, 7) is 3.56. The number of aromatic amines is 1. The molecule has 8 heteroatoms. The number of hydrogen-bond donors (Lipinski definition) is 2. The van der Waals surface area contributed by atoms with Gasteiger partial charge < -0.3 is 10.1 Å². The highest BCUT2D eigenvalue weighted by Gasteiger charge is 2.12. The molecule has 0 bridgehead atoms. The number of fused-ring (bicyclic) bond motifs is 1. The molecule has 0 saturated carbocycles. The molecule has 4 aromatic rings. The Kier molecular flexibility index (Phi) is 8.62. The van der Waals surface area contributed by atoms with Crippen molar-refractivity contribution in [3.63, 3.8) is 0 Å². The number of benzene rings is 2. The molecule has 34 heavy (non-hydrogen) atoms. The van der Waals surface area contributed by atoms with E-state index in [4.69, 9.17) is 0 Å². The van der Waals surface area contributed by atoms with Gasteiger partial charge in [-0.1, -0.05) is 54.2 Å². The highest BCUT2D eigenvalue weighted by molar-refractivity contribution is 7.99. The van der Waals surface area contributed by atoms with E-state index in [0.717, 1.165) is 51.9 Å². The smallest absolute Gasteiger partial charge is 0.317 e. The molecule has 2 aromatic carbocycles. The fraction of sp³-hybridized carbons (Fsp3) is 0.269. The fourth-order valence-corrected chi connectivity index (χ4v) is 5.61. The summed E-state index contributed by atoms with van der Waals surface area (Å²) in [5.41, 5.74) is 5.41. The number of H-pyrrole nitrogens is 1. The van der Waals surface area contributed by atoms with Gasteiger partial charge in [-0.3, -0.25) is 14.7 Å². The normalized spacial score (nSPS) is 11.4. The Morgan fingerprint density at radius 3 is 2.65 bits per heavy atom. The zero-order valence-electron chi connectivity index (χ0n) is 19.1. The molecule has 176 valence electrons. The van der Waals surface area contributed by atoms with Crippen molar-refractivity contribution >= 4 is 40.5 Å². The van der Waals surface area contributed by atoms with Gasteiger partial charge in [-0.2, -0.15) is 0 Å². The molecule has 4 rings (SSSR count). The lowest BCUT2D eigenvalue weighted by atomic mass is 10.2. The topological polar surface area (TPSA) is 82.1 Å². The number of carboxylic acids is 1. The first-order chi connectivity index (χ1) is 16.6. The van der Waals surface area contributed by atoms with E-state index in [0.29, 0.717) is 6.54 Å². The Balaban J connectivity index is 1.29. The first kappa shape index (κ1) is 24.3. The number of hydrogen-bond acceptors (Lipinski definition) is 6. The lowest BCUT2D eigenvalue weighted by Gasteiger charge is -2.20. The number of carboxylic acid groups (broad SMARTS) is 1. The van der Waals surface area contributed by atoms with Gasteiger partial charge >= 0.3 is 5.97 Å². The predicted molar refractivity (Wildman–Crippen MR) is 139 cm³/mol. The SMILES string of the molecule is Cc1c(SCCCN(CC(=O)O)Cc2ccccc2)ccnc1CSc1nc2ccccc2[nH]1. The Hall–Kier alpha value is -2.81. The largest absolute Gasteiger partial charge is 0.480 e. The van der Waals surface area contributed by atoms with E-state index in [1.54, 1.807) is 11.8 Å². The molecular weight excluding hydrogens is 464 g/mol. The monoisotopic (exact) mass is 492 g/mol. The van der Waals surface area contributed by atoms with Crippen LogP contribution in [0.4, 0.5) is 0 Å². The molecule has 6 nitrogen and oxygen atoms in total. The van der Waals surface area contributed by atoms with E-state index in [1.165, 1.54) is 10.5 Å². The van der Waals surface area contributed by atoms with Gasteiger partial charge in [0, 0.05) is 23.4 Å². The lowest BCUT2D eigenvalue weighted by Crippen LogP contribution is -2.30. The van der Waals surface area contributed by atoms with Crippen molar-refractivity contribution in [2.45, 2.75) is 35.7 Å². The zero-order valence-corrected chi connectivity index (χ0v) is 20.7. The van der Waals surface area contributed by atoms with Gasteiger partial charge in [0.2, 0.25) is 0 Å². The number of nitrogens with zero attached hydrogens (tertiary/aromatic N) is 3. The van der Waals surface area contributed by atoms with E-state index in [9.17, 15) is 9.90 Å². The number of rotatable bonds is 12. The van der Waals surface area contributed by atoms with Gasteiger partial charge in [-0.05, 0) is 55.0 Å². The van der Waals surface area contributed by atoms with Crippen LogP contribution in [-0.2, 0) is 17.1 Å². The molecule has 0 spiro atoms. The van der Waals surface area contributed by atoms with Crippen LogP contribution in [0.2, 0.25) is 0 Å². The minimum Gasteiger partial charge on any atom is -0.480 e. The van der Waals surface area contributed by atoms with Crippen molar-refractivity contribution in [2.75, 3.05) is 18.8 Å². The van der Waals surface area contributed by atoms with E-state index < -0.39 is 5.97 Å². The van der Waals surface area contributed by atoms with Crippen LogP contribution in [0.15, 0.2) is 76.9 Å². The number of nitrogens with one attached hydrogen (secondary N) is 1. The molecule has 2 aromatic heterocycles. The van der Waals surface area contributed by atoms with Crippen LogP contribution in [0.5, 0.6) is 0 Å². The Labute approximate surface area is 208 Å². The Morgan fingerprint density at radius 2 is 1.85 bits per heavy atom. The number of imidazole rings is 1. The van der Waals surface area contributed by atoms with Crippen LogP contribution in [0.25, 0.3) is 11.0 Å². The summed E-state index contributed by atoms with van der Waals surface area (Å²) in [7, 11) is 0. The van der Waals surface area contributed by atoms with Crippen LogP contribution >= 0.6 is 23.5 Å². The third kappa shape index (κ3) is 6.85. The van der Waals surface area contributed by atoms with Gasteiger partial charge in [0.15, 0.2) is 5.16 Å². The van der Waals surface area contributed by atoms with Crippen molar-refractivity contribution in [2.24, 2.45) is 0 Å². The van der Waals surface area contributed by atoms with E-state index >= 15 is 0 Å². The van der Waals surface area contributed by atoms with Gasteiger partial charge in [0.1, 0.15) is 0 Å². The van der Waals surface area contributed by atoms with E-state index in [-0.39, 0.29) is 6.54 Å². The highest BCUT2D eigenvalue weighted by atomic mass is 32.2. The summed E-state index contributed by atoms with van der Waals surface area (Å²) in [4.78, 5) is 27.1. The molecule has 0 unspecified atom stereocenters. The maximum absolute atomic E-state index is 11.3. The quantitative estimate of drug-likeness (QED) is 0.196. The number of para-hydroxylation sites is 2. The fourth-order valence-electron chi connectivity index (χ4n) is 3.71. The summed E-state index contributed by atoms with van der Waals surface area (Å²) in [6, 6.07) is 20.1. The van der Waals surface area contributed by atoms with Crippen molar-refractivity contribution < 1.29 is 9.90 Å². The van der Waals surface area contributed by atoms with E-state index in [2.05, 4.69) is 27.9 Å². The van der Waals surface area contributed by atoms with Crippen molar-refractivity contribution in [3.8, 4) is 0 Å². The zero-order chi connectivity index (χ0) is 23.8. The molecule has 0 fully saturated rings. The Bertz CT molecular complexity index is 1200. The second-order valence-electron chi connectivity index (χ2n) is 8.02. The lowest BCUT2D eigenvalue weighted by molar-refractivity contribution is -0.138. The number of aliphatic carboxylic acids is 1. The maximum atomic E-state index is 11.3. The highest BCUT2D eigenvalue weighted by Crippen LogP contribution is 2.28. The van der Waals surface area contributed by atoms with E-state index in [1.807, 2.05) is 77.5 Å². The van der Waals surface area contributed by atoms with Crippen LogP contribution in [0, 0.1) is 6.92 Å². The second-order valence-corrected chi connectivity index (χ2v) is 10.1. The summed E-state index contributed by atoms with van der Waals surface area (Å²) >= 11 is 3.47. The van der Waals surface area contributed by atoms with Crippen LogP contribution < -0.4 is 0 Å². The molecular formula is C26H28N4O2S2. The van der Waals surface area contributed by atoms with Gasteiger partial charge in [-0.15, -0.1) is 11.8 Å². The third-order valence-electron chi connectivity index (χ3n) is 5.46. The molecule has 0 amide bonds. The summed E-state index contributed by atoms with van der Waals surface area (Å²) in [5.74, 6) is 0.885. The minimum absolute atomic E-state index is 0.0526. The molecule has 0 saturated heterocycles. The Morgan fingerprint density at radius 1 is 1.06 bits per heavy atom. The van der Waals surface area contributed by atoms with Gasteiger partial charge in [0.25, 0.3) is 0 Å². The number of thioether (sulfide) groups is 2. The minimum atomic E-state index is -0.792. The van der Waals surface area contributed by atoms with Crippen LogP contribution in [-0.4, -0.2) is 49.8 Å². The number of aromatic nitrogens is 3. The molecule has 0 radical (unpaired) electrons. The second kappa shape index (κ2) is 12.1. The predicted octanol–water partition coefficient (Wildman–Crippen LogP) is 5.63. The third-order valence-corrected chi connectivity index (χ3v) is 7.59. The summed E-state index contributed by atoms with van der Waals surface area (Å²) in [6.07, 6.45) is 2.78. The summed E-state index contributed by atoms with van der Waals surface area (Å²) < 4.78 is 0. The average Bonchev–Trinajstić information content (AvgIpc) is 3.25. The molecule has 0 aliphatic rings. The first-order valence-electron chi connectivity index (χ1n) is 11.2. The van der Waals surface area contributed by atoms with Crippen LogP contribution in [0.3, 0.4) is 0 Å². The standard InChI is InChI=1S/C26H28N4O2S2/c1-19-23(18-34-26-28-21-10-5-6-11-22(21)29-26)27-13-12-24(19)33-15-7-14-30(17-25(31)32)16-20-8-3-2-4-9-20/h2-6,8-13H,7,14-18H2,1H3,(H,28,29)(H,31,32). The molecule has 2 N–H and O–H groups in total.